The first kappa shape index (κ1) is 35.6. The SMILES string of the molecule is CC[C@@H](C)[C@H](NP(=O)(N[C@H](C(=O)OC)[C@H](C)CC)OC[C@H]1O[C@@H](n2cnc3c(OC)nc(N)nc32)[C@](C)(O)[C@@H]1O)C(=O)OC. The van der Waals surface area contributed by atoms with Gasteiger partial charge in [0.05, 0.1) is 34.3 Å². The van der Waals surface area contributed by atoms with E-state index in [1.165, 1.54) is 39.1 Å². The van der Waals surface area contributed by atoms with Crippen LogP contribution in [0.5, 0.6) is 5.88 Å². The summed E-state index contributed by atoms with van der Waals surface area (Å²) in [6.07, 6.45) is -1.69. The molecule has 2 aromatic rings. The maximum Gasteiger partial charge on any atom is 0.342 e. The lowest BCUT2D eigenvalue weighted by Crippen LogP contribution is -2.49. The van der Waals surface area contributed by atoms with Crippen molar-refractivity contribution in [3.05, 3.63) is 6.33 Å². The molecule has 2 aromatic heterocycles. The Morgan fingerprint density at radius 1 is 1.11 bits per heavy atom. The number of ether oxygens (including phenoxy) is 4. The standard InChI is InChI=1S/C26H44N7O10P/c1-9-13(3)16(22(35)40-7)31-44(38,32-17(14(4)10-2)23(36)41-8)42-11-15-19(34)26(5,37)24(43-15)33-12-28-18-20(33)29-25(27)30-21(18)39-6/h12-17,19,24,34,37H,9-11H2,1-8H3,(H2,27,29,30)(H2,31,32,38)/t13-,14-,15-,16+,17+,19-,24-,26-/m1/s1. The van der Waals surface area contributed by atoms with E-state index < -0.39 is 62.3 Å². The molecule has 0 aromatic carbocycles. The number of nitrogens with one attached hydrogen (secondary N) is 2. The molecule has 0 amide bonds. The summed E-state index contributed by atoms with van der Waals surface area (Å²) in [6, 6.07) is -2.16. The molecule has 3 rings (SSSR count). The highest BCUT2D eigenvalue weighted by molar-refractivity contribution is 7.54. The van der Waals surface area contributed by atoms with E-state index in [0.717, 1.165) is 0 Å². The van der Waals surface area contributed by atoms with Gasteiger partial charge in [0.2, 0.25) is 11.8 Å². The second-order valence-corrected chi connectivity index (χ2v) is 12.9. The highest BCUT2D eigenvalue weighted by atomic mass is 31.2. The van der Waals surface area contributed by atoms with E-state index in [-0.39, 0.29) is 34.8 Å². The van der Waals surface area contributed by atoms with Gasteiger partial charge in [-0.25, -0.2) is 15.2 Å². The molecule has 18 heteroatoms. The third-order valence-electron chi connectivity index (χ3n) is 7.98. The Labute approximate surface area is 255 Å². The van der Waals surface area contributed by atoms with E-state index in [9.17, 15) is 24.4 Å². The van der Waals surface area contributed by atoms with Crippen molar-refractivity contribution in [1.82, 2.24) is 29.7 Å². The summed E-state index contributed by atoms with van der Waals surface area (Å²) in [5.74, 6) is -2.08. The molecule has 44 heavy (non-hydrogen) atoms. The number of carbonyl (C=O) groups excluding carboxylic acids is 2. The van der Waals surface area contributed by atoms with E-state index >= 15 is 0 Å². The fourth-order valence-electron chi connectivity index (χ4n) is 4.80. The van der Waals surface area contributed by atoms with Crippen molar-refractivity contribution >= 4 is 36.7 Å². The highest BCUT2D eigenvalue weighted by Crippen LogP contribution is 2.45. The first-order valence-corrected chi connectivity index (χ1v) is 15.9. The van der Waals surface area contributed by atoms with Gasteiger partial charge >= 0.3 is 19.6 Å². The van der Waals surface area contributed by atoms with Gasteiger partial charge in [0.1, 0.15) is 29.9 Å². The number of methoxy groups -OCH3 is 3. The Hall–Kier alpha value is -2.92. The van der Waals surface area contributed by atoms with E-state index in [4.69, 9.17) is 29.2 Å². The van der Waals surface area contributed by atoms with Crippen LogP contribution in [0.4, 0.5) is 5.95 Å². The van der Waals surface area contributed by atoms with Crippen LogP contribution in [0.1, 0.15) is 53.7 Å². The monoisotopic (exact) mass is 645 g/mol. The lowest BCUT2D eigenvalue weighted by atomic mass is 9.96. The lowest BCUT2D eigenvalue weighted by Gasteiger charge is -2.32. The smallest absolute Gasteiger partial charge is 0.342 e. The number of nitrogens with zero attached hydrogens (tertiary/aromatic N) is 4. The molecular formula is C26H44N7O10P. The minimum absolute atomic E-state index is 0.102. The van der Waals surface area contributed by atoms with Crippen molar-refractivity contribution in [2.45, 2.75) is 83.6 Å². The molecule has 0 saturated carbocycles. The molecule has 0 bridgehead atoms. The van der Waals surface area contributed by atoms with Gasteiger partial charge in [0.25, 0.3) is 0 Å². The molecule has 1 aliphatic heterocycles. The summed E-state index contributed by atoms with van der Waals surface area (Å²) in [7, 11) is -0.513. The van der Waals surface area contributed by atoms with E-state index in [1.54, 1.807) is 13.8 Å². The van der Waals surface area contributed by atoms with Gasteiger partial charge in [-0.05, 0) is 18.8 Å². The minimum Gasteiger partial charge on any atom is -0.479 e. The summed E-state index contributed by atoms with van der Waals surface area (Å²) >= 11 is 0. The zero-order chi connectivity index (χ0) is 33.0. The van der Waals surface area contributed by atoms with Gasteiger partial charge < -0.3 is 39.4 Å². The number of nitrogen functional groups attached to an aromatic ring is 1. The number of esters is 2. The molecule has 1 saturated heterocycles. The summed E-state index contributed by atoms with van der Waals surface area (Å²) < 4.78 is 42.7. The van der Waals surface area contributed by atoms with Crippen molar-refractivity contribution in [1.29, 1.82) is 0 Å². The second kappa shape index (κ2) is 14.5. The average Bonchev–Trinajstić information content (AvgIpc) is 3.52. The van der Waals surface area contributed by atoms with Crippen LogP contribution in [-0.4, -0.2) is 99.5 Å². The van der Waals surface area contributed by atoms with Crippen LogP contribution in [-0.2, 0) is 32.9 Å². The van der Waals surface area contributed by atoms with Crippen LogP contribution < -0.4 is 20.6 Å². The predicted molar refractivity (Wildman–Crippen MR) is 157 cm³/mol. The van der Waals surface area contributed by atoms with Gasteiger partial charge in [0, 0.05) is 0 Å². The number of hydrogen-bond donors (Lipinski definition) is 5. The van der Waals surface area contributed by atoms with Crippen LogP contribution in [0.25, 0.3) is 11.2 Å². The Balaban J connectivity index is 1.95. The summed E-state index contributed by atoms with van der Waals surface area (Å²) in [6.45, 7) is 8.02. The molecule has 3 heterocycles. The fourth-order valence-corrected chi connectivity index (χ4v) is 6.84. The van der Waals surface area contributed by atoms with Crippen LogP contribution >= 0.6 is 7.67 Å². The van der Waals surface area contributed by atoms with E-state index in [0.29, 0.717) is 12.8 Å². The molecule has 1 aliphatic rings. The van der Waals surface area contributed by atoms with Crippen molar-refractivity contribution < 1.29 is 47.8 Å². The topological polar surface area (TPSA) is 231 Å². The normalized spacial score (nSPS) is 24.9. The number of aliphatic hydroxyl groups excluding tert-OH is 1. The third kappa shape index (κ3) is 7.30. The molecular weight excluding hydrogens is 601 g/mol. The summed E-state index contributed by atoms with van der Waals surface area (Å²) in [4.78, 5) is 37.8. The third-order valence-corrected chi connectivity index (χ3v) is 9.73. The largest absolute Gasteiger partial charge is 0.479 e. The second-order valence-electron chi connectivity index (χ2n) is 11.0. The summed E-state index contributed by atoms with van der Waals surface area (Å²) in [5.41, 5.74) is 4.32. The molecule has 8 atom stereocenters. The van der Waals surface area contributed by atoms with Crippen LogP contribution in [0, 0.1) is 11.8 Å². The van der Waals surface area contributed by atoms with Gasteiger partial charge in [-0.3, -0.25) is 18.7 Å². The van der Waals surface area contributed by atoms with Crippen LogP contribution in [0.15, 0.2) is 6.33 Å². The first-order chi connectivity index (χ1) is 20.7. The molecule has 0 unspecified atom stereocenters. The molecule has 0 aliphatic carbocycles. The Bertz CT molecular complexity index is 1320. The number of rotatable bonds is 15. The number of aliphatic hydroxyl groups is 2. The Morgan fingerprint density at radius 3 is 2.14 bits per heavy atom. The number of carbonyl (C=O) groups is 2. The number of nitrogens with two attached hydrogens (primary N) is 1. The van der Waals surface area contributed by atoms with E-state index in [1.807, 2.05) is 13.8 Å². The molecule has 0 radical (unpaired) electrons. The van der Waals surface area contributed by atoms with Gasteiger partial charge in [0.15, 0.2) is 17.4 Å². The predicted octanol–water partition coefficient (Wildman–Crippen LogP) is 0.906. The van der Waals surface area contributed by atoms with Gasteiger partial charge in [-0.2, -0.15) is 9.97 Å². The quantitative estimate of drug-likeness (QED) is 0.134. The maximum atomic E-state index is 14.4. The number of aromatic nitrogens is 4. The molecule has 6 N–H and O–H groups in total. The number of hydrogen-bond acceptors (Lipinski definition) is 14. The number of imidazole rings is 1. The van der Waals surface area contributed by atoms with Crippen molar-refractivity contribution in [2.24, 2.45) is 11.8 Å². The summed E-state index contributed by atoms with van der Waals surface area (Å²) in [5, 5.41) is 28.0. The molecule has 0 spiro atoms. The van der Waals surface area contributed by atoms with Crippen molar-refractivity contribution in [3.8, 4) is 5.88 Å². The Kier molecular flexibility index (Phi) is 11.7. The first-order valence-electron chi connectivity index (χ1n) is 14.2. The van der Waals surface area contributed by atoms with Crippen LogP contribution in [0.3, 0.4) is 0 Å². The number of fused-ring (bicyclic) bond motifs is 1. The molecule has 17 nitrogen and oxygen atoms in total. The fraction of sp³-hybridized carbons (Fsp3) is 0.731. The highest BCUT2D eigenvalue weighted by Gasteiger charge is 2.54. The minimum atomic E-state index is -4.30. The van der Waals surface area contributed by atoms with Crippen LogP contribution in [0.2, 0.25) is 0 Å². The maximum absolute atomic E-state index is 14.4. The Morgan fingerprint density at radius 2 is 1.66 bits per heavy atom. The van der Waals surface area contributed by atoms with E-state index in [2.05, 4.69) is 25.1 Å². The van der Waals surface area contributed by atoms with Gasteiger partial charge in [-0.1, -0.05) is 40.5 Å². The van der Waals surface area contributed by atoms with Crippen molar-refractivity contribution in [3.63, 3.8) is 0 Å². The lowest BCUT2D eigenvalue weighted by molar-refractivity contribution is -0.144. The number of anilines is 1. The molecule has 248 valence electrons. The van der Waals surface area contributed by atoms with Gasteiger partial charge in [-0.15, -0.1) is 0 Å². The zero-order valence-corrected chi connectivity index (χ0v) is 27.1. The molecule has 1 fully saturated rings. The van der Waals surface area contributed by atoms with Crippen molar-refractivity contribution in [2.75, 3.05) is 33.7 Å². The zero-order valence-electron chi connectivity index (χ0n) is 26.2. The average molecular weight is 646 g/mol.